The summed E-state index contributed by atoms with van der Waals surface area (Å²) in [6, 6.07) is 1.49. The molecule has 0 bridgehead atoms. The minimum Gasteiger partial charge on any atom is -0.478 e. The smallest absolute Gasteiger partial charge is 0.339 e. The summed E-state index contributed by atoms with van der Waals surface area (Å²) in [5.41, 5.74) is 6.94. The normalized spacial score (nSPS) is 10.6. The van der Waals surface area contributed by atoms with Crippen molar-refractivity contribution < 1.29 is 14.6 Å². The number of pyridine rings is 1. The van der Waals surface area contributed by atoms with Gasteiger partial charge in [-0.15, -0.1) is 0 Å². The first kappa shape index (κ1) is 13.0. The molecule has 0 aliphatic heterocycles. The lowest BCUT2D eigenvalue weighted by atomic mass is 10.1. The summed E-state index contributed by atoms with van der Waals surface area (Å²) in [6.07, 6.45) is 4.98. The number of anilines is 1. The number of rotatable bonds is 5. The molecule has 2 aromatic rings. The molecule has 0 fully saturated rings. The number of carbonyl (C=O) groups is 1. The van der Waals surface area contributed by atoms with Gasteiger partial charge in [0.25, 0.3) is 0 Å². The maximum Gasteiger partial charge on any atom is 0.339 e. The summed E-state index contributed by atoms with van der Waals surface area (Å²) in [5, 5.41) is 13.2. The molecule has 2 rings (SSSR count). The molecule has 100 valence electrons. The van der Waals surface area contributed by atoms with Crippen LogP contribution in [0, 0.1) is 0 Å². The Bertz CT molecular complexity index is 594. The molecular weight excluding hydrogens is 248 g/mol. The first-order valence-electron chi connectivity index (χ1n) is 5.62. The zero-order valence-electron chi connectivity index (χ0n) is 10.4. The molecule has 0 aromatic carbocycles. The second-order valence-corrected chi connectivity index (χ2v) is 3.95. The minimum absolute atomic E-state index is 0.00280. The Balaban J connectivity index is 2.29. The number of methoxy groups -OCH3 is 1. The molecule has 19 heavy (non-hydrogen) atoms. The molecule has 0 amide bonds. The van der Waals surface area contributed by atoms with E-state index in [0.717, 1.165) is 5.56 Å². The summed E-state index contributed by atoms with van der Waals surface area (Å²) in [5.74, 6) is -1.10. The van der Waals surface area contributed by atoms with Crippen LogP contribution in [0.15, 0.2) is 24.7 Å². The molecule has 0 spiro atoms. The fourth-order valence-corrected chi connectivity index (χ4v) is 1.62. The monoisotopic (exact) mass is 262 g/mol. The lowest BCUT2D eigenvalue weighted by Crippen LogP contribution is -2.04. The van der Waals surface area contributed by atoms with Crippen molar-refractivity contribution in [3.63, 3.8) is 0 Å². The average Bonchev–Trinajstić information content (AvgIpc) is 2.85. The number of nitrogens with two attached hydrogens (primary N) is 1. The maximum absolute atomic E-state index is 11.0. The van der Waals surface area contributed by atoms with Crippen LogP contribution in [0.5, 0.6) is 0 Å². The molecule has 2 aromatic heterocycles. The highest BCUT2D eigenvalue weighted by Crippen LogP contribution is 2.21. The molecule has 0 saturated carbocycles. The van der Waals surface area contributed by atoms with Crippen LogP contribution >= 0.6 is 0 Å². The molecule has 0 aliphatic carbocycles. The van der Waals surface area contributed by atoms with Crippen LogP contribution < -0.4 is 5.73 Å². The van der Waals surface area contributed by atoms with Gasteiger partial charge in [-0.05, 0) is 6.07 Å². The zero-order chi connectivity index (χ0) is 13.8. The molecule has 0 saturated heterocycles. The summed E-state index contributed by atoms with van der Waals surface area (Å²) >= 11 is 0. The number of hydrogen-bond acceptors (Lipinski definition) is 5. The first-order chi connectivity index (χ1) is 9.11. The van der Waals surface area contributed by atoms with E-state index in [4.69, 9.17) is 15.6 Å². The van der Waals surface area contributed by atoms with Gasteiger partial charge in [0.15, 0.2) is 0 Å². The van der Waals surface area contributed by atoms with Crippen LogP contribution in [0.2, 0.25) is 0 Å². The van der Waals surface area contributed by atoms with E-state index in [9.17, 15) is 4.79 Å². The van der Waals surface area contributed by atoms with E-state index in [2.05, 4.69) is 10.1 Å². The molecule has 7 heteroatoms. The van der Waals surface area contributed by atoms with Crippen LogP contribution in [0.4, 0.5) is 5.82 Å². The van der Waals surface area contributed by atoms with Gasteiger partial charge in [-0.3, -0.25) is 4.68 Å². The number of carboxylic acid groups (broad SMARTS) is 1. The Morgan fingerprint density at radius 1 is 1.47 bits per heavy atom. The van der Waals surface area contributed by atoms with Crippen molar-refractivity contribution in [1.29, 1.82) is 0 Å². The standard InChI is InChI=1S/C12H14N4O3/c1-19-3-2-16-7-9(6-15-16)8-4-10(12(17)18)11(13)14-5-8/h4-7H,2-3H2,1H3,(H2,13,14)(H,17,18). The summed E-state index contributed by atoms with van der Waals surface area (Å²) in [6.45, 7) is 1.19. The van der Waals surface area contributed by atoms with Crippen molar-refractivity contribution in [2.45, 2.75) is 6.54 Å². The second-order valence-electron chi connectivity index (χ2n) is 3.95. The number of ether oxygens (including phenoxy) is 1. The van der Waals surface area contributed by atoms with Gasteiger partial charge < -0.3 is 15.6 Å². The first-order valence-corrected chi connectivity index (χ1v) is 5.62. The van der Waals surface area contributed by atoms with Crippen molar-refractivity contribution >= 4 is 11.8 Å². The van der Waals surface area contributed by atoms with Gasteiger partial charge in [-0.2, -0.15) is 5.10 Å². The number of nitrogens with zero attached hydrogens (tertiary/aromatic N) is 3. The predicted octanol–water partition coefficient (Wildman–Crippen LogP) is 0.872. The summed E-state index contributed by atoms with van der Waals surface area (Å²) in [4.78, 5) is 14.9. The van der Waals surface area contributed by atoms with E-state index in [-0.39, 0.29) is 11.4 Å². The van der Waals surface area contributed by atoms with Gasteiger partial charge in [0.05, 0.1) is 19.3 Å². The van der Waals surface area contributed by atoms with E-state index >= 15 is 0 Å². The third-order valence-corrected chi connectivity index (χ3v) is 2.64. The topological polar surface area (TPSA) is 103 Å². The highest BCUT2D eigenvalue weighted by molar-refractivity contribution is 5.94. The number of aromatic carboxylic acids is 1. The highest BCUT2D eigenvalue weighted by atomic mass is 16.5. The largest absolute Gasteiger partial charge is 0.478 e. The zero-order valence-corrected chi connectivity index (χ0v) is 10.4. The third-order valence-electron chi connectivity index (χ3n) is 2.64. The average molecular weight is 262 g/mol. The van der Waals surface area contributed by atoms with Gasteiger partial charge in [-0.1, -0.05) is 0 Å². The Hall–Kier alpha value is -2.41. The van der Waals surface area contributed by atoms with Crippen LogP contribution in [-0.2, 0) is 11.3 Å². The summed E-state index contributed by atoms with van der Waals surface area (Å²) in [7, 11) is 1.62. The molecule has 0 radical (unpaired) electrons. The predicted molar refractivity (Wildman–Crippen MR) is 68.7 cm³/mol. The number of carboxylic acids is 1. The molecule has 3 N–H and O–H groups in total. The summed E-state index contributed by atoms with van der Waals surface area (Å²) < 4.78 is 6.68. The molecule has 0 unspecified atom stereocenters. The quantitative estimate of drug-likeness (QED) is 0.828. The SMILES string of the molecule is COCCn1cc(-c2cnc(N)c(C(=O)O)c2)cn1. The number of nitrogen functional groups attached to an aromatic ring is 1. The van der Waals surface area contributed by atoms with Crippen LogP contribution in [0.1, 0.15) is 10.4 Å². The fourth-order valence-electron chi connectivity index (χ4n) is 1.62. The Kier molecular flexibility index (Phi) is 3.76. The van der Waals surface area contributed by atoms with E-state index in [1.807, 2.05) is 0 Å². The Labute approximate surface area is 109 Å². The van der Waals surface area contributed by atoms with E-state index in [1.54, 1.807) is 24.2 Å². The molecule has 2 heterocycles. The van der Waals surface area contributed by atoms with E-state index < -0.39 is 5.97 Å². The van der Waals surface area contributed by atoms with Crippen molar-refractivity contribution in [2.75, 3.05) is 19.5 Å². The lowest BCUT2D eigenvalue weighted by molar-refractivity contribution is 0.0697. The van der Waals surface area contributed by atoms with Crippen LogP contribution in [0.3, 0.4) is 0 Å². The number of hydrogen-bond donors (Lipinski definition) is 2. The fraction of sp³-hybridized carbons (Fsp3) is 0.250. The van der Waals surface area contributed by atoms with Gasteiger partial charge in [0.1, 0.15) is 11.4 Å². The van der Waals surface area contributed by atoms with Gasteiger partial charge in [0.2, 0.25) is 0 Å². The molecule has 0 atom stereocenters. The Morgan fingerprint density at radius 2 is 2.26 bits per heavy atom. The second kappa shape index (κ2) is 5.49. The highest BCUT2D eigenvalue weighted by Gasteiger charge is 2.11. The Morgan fingerprint density at radius 3 is 2.95 bits per heavy atom. The number of aromatic nitrogens is 3. The molecule has 7 nitrogen and oxygen atoms in total. The van der Waals surface area contributed by atoms with Crippen molar-refractivity contribution in [3.8, 4) is 11.1 Å². The van der Waals surface area contributed by atoms with E-state index in [0.29, 0.717) is 18.7 Å². The van der Waals surface area contributed by atoms with Crippen molar-refractivity contribution in [2.24, 2.45) is 0 Å². The molecule has 0 aliphatic rings. The van der Waals surface area contributed by atoms with Gasteiger partial charge in [0, 0.05) is 30.6 Å². The van der Waals surface area contributed by atoms with Crippen molar-refractivity contribution in [3.05, 3.63) is 30.2 Å². The van der Waals surface area contributed by atoms with Crippen LogP contribution in [0.25, 0.3) is 11.1 Å². The molecular formula is C12H14N4O3. The van der Waals surface area contributed by atoms with Gasteiger partial charge >= 0.3 is 5.97 Å². The van der Waals surface area contributed by atoms with Gasteiger partial charge in [-0.25, -0.2) is 9.78 Å². The third kappa shape index (κ3) is 2.89. The maximum atomic E-state index is 11.0. The van der Waals surface area contributed by atoms with E-state index in [1.165, 1.54) is 12.3 Å². The van der Waals surface area contributed by atoms with Crippen LogP contribution in [-0.4, -0.2) is 39.6 Å². The van der Waals surface area contributed by atoms with Crippen molar-refractivity contribution in [1.82, 2.24) is 14.8 Å². The minimum atomic E-state index is -1.10. The lowest BCUT2D eigenvalue weighted by Gasteiger charge is -2.02.